The second-order valence-electron chi connectivity index (χ2n) is 4.69. The summed E-state index contributed by atoms with van der Waals surface area (Å²) < 4.78 is 4.91. The Bertz CT molecular complexity index is 590. The Hall–Kier alpha value is -2.38. The molecule has 0 aromatic carbocycles. The average Bonchev–Trinajstić information content (AvgIpc) is 2.47. The van der Waals surface area contributed by atoms with E-state index in [1.165, 1.54) is 11.1 Å². The maximum atomic E-state index is 12.3. The number of amides is 2. The average molecular weight is 294 g/mol. The van der Waals surface area contributed by atoms with Crippen LogP contribution in [0, 0.1) is 6.92 Å². The van der Waals surface area contributed by atoms with E-state index in [4.69, 9.17) is 4.74 Å². The van der Waals surface area contributed by atoms with E-state index in [1.54, 1.807) is 18.7 Å². The van der Waals surface area contributed by atoms with Crippen LogP contribution in [0.15, 0.2) is 11.0 Å². The number of ether oxygens (including phenoxy) is 1. The molecule has 2 heterocycles. The number of nitrogens with one attached hydrogen (secondary N) is 1. The maximum Gasteiger partial charge on any atom is 0.409 e. The van der Waals surface area contributed by atoms with Crippen molar-refractivity contribution >= 4 is 12.0 Å². The fraction of sp³-hybridized carbons (Fsp3) is 0.538. The first-order valence-corrected chi connectivity index (χ1v) is 6.79. The van der Waals surface area contributed by atoms with E-state index in [9.17, 15) is 14.4 Å². The number of hydrogen-bond acceptors (Lipinski definition) is 5. The van der Waals surface area contributed by atoms with E-state index in [1.807, 2.05) is 0 Å². The fourth-order valence-electron chi connectivity index (χ4n) is 2.11. The first-order valence-electron chi connectivity index (χ1n) is 6.79. The van der Waals surface area contributed by atoms with Crippen molar-refractivity contribution in [3.05, 3.63) is 27.9 Å². The third kappa shape index (κ3) is 3.39. The third-order valence-electron chi connectivity index (χ3n) is 3.25. The van der Waals surface area contributed by atoms with Crippen LogP contribution in [-0.2, 0) is 4.74 Å². The molecule has 2 rings (SSSR count). The molecule has 0 atom stereocenters. The Morgan fingerprint density at radius 1 is 1.29 bits per heavy atom. The van der Waals surface area contributed by atoms with Crippen LogP contribution in [0.4, 0.5) is 4.79 Å². The first kappa shape index (κ1) is 15.0. The van der Waals surface area contributed by atoms with Gasteiger partial charge in [0.2, 0.25) is 0 Å². The van der Waals surface area contributed by atoms with Crippen LogP contribution < -0.4 is 5.56 Å². The van der Waals surface area contributed by atoms with Gasteiger partial charge in [-0.25, -0.2) is 9.78 Å². The highest BCUT2D eigenvalue weighted by Gasteiger charge is 2.26. The van der Waals surface area contributed by atoms with E-state index in [-0.39, 0.29) is 17.6 Å². The Labute approximate surface area is 121 Å². The molecule has 0 spiro atoms. The molecule has 8 heteroatoms. The Kier molecular flexibility index (Phi) is 4.56. The van der Waals surface area contributed by atoms with Crippen molar-refractivity contribution in [1.29, 1.82) is 0 Å². The number of H-pyrrole nitrogens is 1. The number of carbonyl (C=O) groups is 2. The molecule has 1 fully saturated rings. The van der Waals surface area contributed by atoms with Gasteiger partial charge in [-0.3, -0.25) is 9.59 Å². The lowest BCUT2D eigenvalue weighted by atomic mass is 10.2. The van der Waals surface area contributed by atoms with Crippen LogP contribution in [0.5, 0.6) is 0 Å². The summed E-state index contributed by atoms with van der Waals surface area (Å²) in [6.45, 7) is 5.23. The van der Waals surface area contributed by atoms with E-state index >= 15 is 0 Å². The maximum absolute atomic E-state index is 12.3. The van der Waals surface area contributed by atoms with Crippen molar-refractivity contribution in [2.45, 2.75) is 13.8 Å². The van der Waals surface area contributed by atoms with Gasteiger partial charge in [-0.1, -0.05) is 0 Å². The van der Waals surface area contributed by atoms with Crippen LogP contribution in [0.25, 0.3) is 0 Å². The van der Waals surface area contributed by atoms with Crippen molar-refractivity contribution in [1.82, 2.24) is 19.8 Å². The van der Waals surface area contributed by atoms with Gasteiger partial charge in [-0.2, -0.15) is 0 Å². The molecule has 1 N–H and O–H groups in total. The van der Waals surface area contributed by atoms with Crippen LogP contribution in [0.2, 0.25) is 0 Å². The molecule has 21 heavy (non-hydrogen) atoms. The summed E-state index contributed by atoms with van der Waals surface area (Å²) in [6, 6.07) is 0. The van der Waals surface area contributed by atoms with Crippen LogP contribution in [0.1, 0.15) is 23.1 Å². The summed E-state index contributed by atoms with van der Waals surface area (Å²) in [5.41, 5.74) is -0.425. The zero-order valence-corrected chi connectivity index (χ0v) is 12.1. The molecule has 0 aliphatic carbocycles. The van der Waals surface area contributed by atoms with Gasteiger partial charge >= 0.3 is 6.09 Å². The zero-order chi connectivity index (χ0) is 15.4. The molecular weight excluding hydrogens is 276 g/mol. The van der Waals surface area contributed by atoms with E-state index in [2.05, 4.69) is 9.97 Å². The van der Waals surface area contributed by atoms with Gasteiger partial charge in [-0.05, 0) is 13.8 Å². The molecule has 0 radical (unpaired) electrons. The van der Waals surface area contributed by atoms with Gasteiger partial charge in [0.15, 0.2) is 0 Å². The number of aryl methyl sites for hydroxylation is 1. The minimum Gasteiger partial charge on any atom is -0.450 e. The van der Waals surface area contributed by atoms with Crippen molar-refractivity contribution in [2.24, 2.45) is 0 Å². The molecule has 114 valence electrons. The number of rotatable bonds is 2. The largest absolute Gasteiger partial charge is 0.450 e. The monoisotopic (exact) mass is 294 g/mol. The minimum absolute atomic E-state index is 0.0187. The van der Waals surface area contributed by atoms with Gasteiger partial charge in [0.1, 0.15) is 11.4 Å². The molecular formula is C13H18N4O4. The first-order chi connectivity index (χ1) is 10.0. The molecule has 1 saturated heterocycles. The number of nitrogens with zero attached hydrogens (tertiary/aromatic N) is 3. The molecule has 0 unspecified atom stereocenters. The number of piperazine rings is 1. The van der Waals surface area contributed by atoms with Gasteiger partial charge in [0, 0.05) is 32.4 Å². The normalized spacial score (nSPS) is 15.0. The van der Waals surface area contributed by atoms with Gasteiger partial charge < -0.3 is 19.5 Å². The summed E-state index contributed by atoms with van der Waals surface area (Å²) in [6.07, 6.45) is 0.910. The number of aromatic nitrogens is 2. The van der Waals surface area contributed by atoms with Gasteiger partial charge in [-0.15, -0.1) is 0 Å². The summed E-state index contributed by atoms with van der Waals surface area (Å²) in [4.78, 5) is 45.1. The van der Waals surface area contributed by atoms with Crippen LogP contribution in [-0.4, -0.2) is 64.6 Å². The standard InChI is InChI=1S/C13H18N4O4/c1-3-21-13(20)17-6-4-16(5-7-17)12(19)10-8-14-9(2)15-11(10)18/h8H,3-7H2,1-2H3,(H,14,15,18). The SMILES string of the molecule is CCOC(=O)N1CCN(C(=O)c2cnc(C)[nH]c2=O)CC1. The van der Waals surface area contributed by atoms with Crippen molar-refractivity contribution < 1.29 is 14.3 Å². The Morgan fingerprint density at radius 3 is 2.48 bits per heavy atom. The second kappa shape index (κ2) is 6.38. The number of aromatic amines is 1. The molecule has 0 bridgehead atoms. The molecule has 1 aliphatic rings. The second-order valence-corrected chi connectivity index (χ2v) is 4.69. The Balaban J connectivity index is 2.00. The number of carbonyl (C=O) groups excluding carboxylic acids is 2. The smallest absolute Gasteiger partial charge is 0.409 e. The zero-order valence-electron chi connectivity index (χ0n) is 12.1. The summed E-state index contributed by atoms with van der Waals surface area (Å²) in [7, 11) is 0. The highest BCUT2D eigenvalue weighted by molar-refractivity contribution is 5.93. The fourth-order valence-corrected chi connectivity index (χ4v) is 2.11. The molecule has 0 saturated carbocycles. The highest BCUT2D eigenvalue weighted by Crippen LogP contribution is 2.07. The molecule has 8 nitrogen and oxygen atoms in total. The van der Waals surface area contributed by atoms with Crippen LogP contribution in [0.3, 0.4) is 0 Å². The Morgan fingerprint density at radius 2 is 1.90 bits per heavy atom. The highest BCUT2D eigenvalue weighted by atomic mass is 16.6. The molecule has 2 amide bonds. The van der Waals surface area contributed by atoms with E-state index < -0.39 is 5.56 Å². The topological polar surface area (TPSA) is 95.6 Å². The van der Waals surface area contributed by atoms with E-state index in [0.717, 1.165) is 0 Å². The number of hydrogen-bond donors (Lipinski definition) is 1. The minimum atomic E-state index is -0.444. The predicted molar refractivity (Wildman–Crippen MR) is 74.1 cm³/mol. The van der Waals surface area contributed by atoms with Crippen LogP contribution >= 0.6 is 0 Å². The molecule has 1 aromatic heterocycles. The van der Waals surface area contributed by atoms with Crippen molar-refractivity contribution in [3.63, 3.8) is 0 Å². The third-order valence-corrected chi connectivity index (χ3v) is 3.25. The van der Waals surface area contributed by atoms with Gasteiger partial charge in [0.25, 0.3) is 11.5 Å². The quantitative estimate of drug-likeness (QED) is 0.828. The lowest BCUT2D eigenvalue weighted by molar-refractivity contribution is 0.0568. The van der Waals surface area contributed by atoms with Crippen molar-refractivity contribution in [2.75, 3.05) is 32.8 Å². The van der Waals surface area contributed by atoms with Gasteiger partial charge in [0.05, 0.1) is 6.61 Å². The lowest BCUT2D eigenvalue weighted by Gasteiger charge is -2.33. The van der Waals surface area contributed by atoms with Crippen molar-refractivity contribution in [3.8, 4) is 0 Å². The lowest BCUT2D eigenvalue weighted by Crippen LogP contribution is -2.51. The summed E-state index contributed by atoms with van der Waals surface area (Å²) in [5, 5.41) is 0. The summed E-state index contributed by atoms with van der Waals surface area (Å²) in [5.74, 6) is 0.0935. The van der Waals surface area contributed by atoms with E-state index in [0.29, 0.717) is 38.6 Å². The molecule has 1 aliphatic heterocycles. The molecule has 1 aromatic rings. The summed E-state index contributed by atoms with van der Waals surface area (Å²) >= 11 is 0. The predicted octanol–water partition coefficient (Wildman–Crippen LogP) is -0.00738.